The normalized spacial score (nSPS) is 14.8. The second kappa shape index (κ2) is 12.9. The largest absolute Gasteiger partial charge is 0.493 e. The summed E-state index contributed by atoms with van der Waals surface area (Å²) in [5.74, 6) is 0.438. The number of fused-ring (bicyclic) bond motifs is 1. The minimum absolute atomic E-state index is 0.185. The molecule has 11 heteroatoms. The Hall–Kier alpha value is -3.37. The van der Waals surface area contributed by atoms with E-state index in [1.165, 1.54) is 15.9 Å². The highest BCUT2D eigenvalue weighted by Gasteiger charge is 2.34. The van der Waals surface area contributed by atoms with Gasteiger partial charge in [-0.3, -0.25) is 9.36 Å². The summed E-state index contributed by atoms with van der Waals surface area (Å²) in [6.07, 6.45) is 1.75. The number of nitrogens with zero attached hydrogens (tertiary/aromatic N) is 2. The van der Waals surface area contributed by atoms with Crippen molar-refractivity contribution in [1.29, 1.82) is 0 Å². The van der Waals surface area contributed by atoms with E-state index in [0.717, 1.165) is 5.56 Å². The quantitative estimate of drug-likeness (QED) is 0.199. The van der Waals surface area contributed by atoms with Gasteiger partial charge in [0.1, 0.15) is 12.6 Å². The molecule has 7 nitrogen and oxygen atoms in total. The maximum absolute atomic E-state index is 13.9. The van der Waals surface area contributed by atoms with Gasteiger partial charge in [0, 0.05) is 15.6 Å². The molecule has 4 aromatic rings. The molecule has 2 heterocycles. The number of benzene rings is 3. The predicted molar refractivity (Wildman–Crippen MR) is 168 cm³/mol. The number of hydrogen-bond acceptors (Lipinski definition) is 7. The first-order chi connectivity index (χ1) is 20.2. The van der Waals surface area contributed by atoms with Gasteiger partial charge >= 0.3 is 5.97 Å². The highest BCUT2D eigenvalue weighted by Crippen LogP contribution is 2.38. The first kappa shape index (κ1) is 30.1. The van der Waals surface area contributed by atoms with Crippen molar-refractivity contribution in [2.45, 2.75) is 26.5 Å². The van der Waals surface area contributed by atoms with Gasteiger partial charge < -0.3 is 14.2 Å². The Morgan fingerprint density at radius 2 is 1.83 bits per heavy atom. The van der Waals surface area contributed by atoms with E-state index in [0.29, 0.717) is 52.2 Å². The molecule has 1 aliphatic heterocycles. The van der Waals surface area contributed by atoms with Crippen LogP contribution in [0.4, 0.5) is 0 Å². The molecule has 0 saturated carbocycles. The summed E-state index contributed by atoms with van der Waals surface area (Å²) in [6, 6.07) is 17.4. The van der Waals surface area contributed by atoms with E-state index in [1.807, 2.05) is 30.3 Å². The Bertz CT molecular complexity index is 1900. The van der Waals surface area contributed by atoms with Crippen LogP contribution in [0, 0.1) is 0 Å². The molecule has 0 bridgehead atoms. The second-order valence-electron chi connectivity index (χ2n) is 9.24. The fourth-order valence-corrected chi connectivity index (χ4v) is 6.71. The zero-order valence-electron chi connectivity index (χ0n) is 22.8. The molecule has 0 radical (unpaired) electrons. The molecular weight excluding hydrogens is 663 g/mol. The lowest BCUT2D eigenvalue weighted by molar-refractivity contribution is -0.139. The Morgan fingerprint density at radius 1 is 1.12 bits per heavy atom. The summed E-state index contributed by atoms with van der Waals surface area (Å²) in [5, 5.41) is 1.03. The van der Waals surface area contributed by atoms with Crippen LogP contribution in [0.3, 0.4) is 0 Å². The topological polar surface area (TPSA) is 79.1 Å². The van der Waals surface area contributed by atoms with Crippen molar-refractivity contribution in [3.05, 3.63) is 123 Å². The van der Waals surface area contributed by atoms with Gasteiger partial charge in [-0.05, 0) is 71.2 Å². The van der Waals surface area contributed by atoms with Crippen molar-refractivity contribution in [2.24, 2.45) is 4.99 Å². The van der Waals surface area contributed by atoms with Gasteiger partial charge in [-0.15, -0.1) is 0 Å². The Balaban J connectivity index is 1.59. The van der Waals surface area contributed by atoms with Gasteiger partial charge in [-0.2, -0.15) is 0 Å². The number of ether oxygens (including phenoxy) is 3. The molecule has 3 aromatic carbocycles. The van der Waals surface area contributed by atoms with Crippen LogP contribution in [0.1, 0.15) is 36.6 Å². The molecule has 1 aliphatic rings. The molecule has 0 N–H and O–H groups in total. The van der Waals surface area contributed by atoms with Gasteiger partial charge in [-0.25, -0.2) is 9.79 Å². The summed E-state index contributed by atoms with van der Waals surface area (Å²) in [6.45, 7) is 3.89. The number of halogens is 3. The monoisotopic (exact) mass is 686 g/mol. The summed E-state index contributed by atoms with van der Waals surface area (Å²) < 4.78 is 19.6. The number of hydrogen-bond donors (Lipinski definition) is 0. The lowest BCUT2D eigenvalue weighted by atomic mass is 9.96. The molecule has 216 valence electrons. The molecule has 0 fully saturated rings. The zero-order chi connectivity index (χ0) is 30.0. The number of thiazole rings is 1. The van der Waals surface area contributed by atoms with Gasteiger partial charge in [0.25, 0.3) is 5.56 Å². The predicted octanol–water partition coefficient (Wildman–Crippen LogP) is 6.46. The van der Waals surface area contributed by atoms with Crippen molar-refractivity contribution in [2.75, 3.05) is 13.7 Å². The molecule has 0 unspecified atom stereocenters. The summed E-state index contributed by atoms with van der Waals surface area (Å²) in [7, 11) is 1.55. The van der Waals surface area contributed by atoms with Crippen molar-refractivity contribution in [3.8, 4) is 11.5 Å². The Labute approximate surface area is 264 Å². The average molecular weight is 688 g/mol. The second-order valence-corrected chi connectivity index (χ2v) is 11.9. The van der Waals surface area contributed by atoms with Crippen LogP contribution in [-0.4, -0.2) is 24.3 Å². The standard InChI is InChI=1S/C31H25BrCl2N2O5S/c1-4-40-30(38)26-17(2)35-31-36(27(26)20-10-6-8-12-23(20)34)29(37)25(42-31)15-18-13-21(32)28(24(14-18)39-3)41-16-19-9-5-7-11-22(19)33/h5-15,27H,4,16H2,1-3H3/b25-15-/t27-/m0/s1. The van der Waals surface area contributed by atoms with Gasteiger partial charge in [-0.1, -0.05) is 70.9 Å². The molecule has 0 saturated heterocycles. The summed E-state index contributed by atoms with van der Waals surface area (Å²) in [5.41, 5.74) is 2.57. The van der Waals surface area contributed by atoms with Crippen molar-refractivity contribution >= 4 is 62.5 Å². The highest BCUT2D eigenvalue weighted by atomic mass is 79.9. The summed E-state index contributed by atoms with van der Waals surface area (Å²) in [4.78, 5) is 32.1. The first-order valence-electron chi connectivity index (χ1n) is 12.9. The van der Waals surface area contributed by atoms with Crippen molar-refractivity contribution < 1.29 is 19.0 Å². The third-order valence-electron chi connectivity index (χ3n) is 6.60. The Morgan fingerprint density at radius 3 is 2.52 bits per heavy atom. The van der Waals surface area contributed by atoms with Crippen LogP contribution in [-0.2, 0) is 16.1 Å². The van der Waals surface area contributed by atoms with Crippen LogP contribution >= 0.6 is 50.5 Å². The smallest absolute Gasteiger partial charge is 0.338 e. The highest BCUT2D eigenvalue weighted by molar-refractivity contribution is 9.10. The van der Waals surface area contributed by atoms with E-state index in [4.69, 9.17) is 37.4 Å². The summed E-state index contributed by atoms with van der Waals surface area (Å²) >= 11 is 17.7. The van der Waals surface area contributed by atoms with E-state index in [-0.39, 0.29) is 24.3 Å². The number of esters is 1. The van der Waals surface area contributed by atoms with E-state index in [9.17, 15) is 9.59 Å². The third-order valence-corrected chi connectivity index (χ3v) is 8.88. The Kier molecular flexibility index (Phi) is 9.22. The zero-order valence-corrected chi connectivity index (χ0v) is 26.7. The maximum Gasteiger partial charge on any atom is 0.338 e. The molecule has 0 spiro atoms. The van der Waals surface area contributed by atoms with Gasteiger partial charge in [0.05, 0.1) is 34.0 Å². The molecule has 0 amide bonds. The van der Waals surface area contributed by atoms with Crippen LogP contribution in [0.2, 0.25) is 10.0 Å². The molecule has 1 aromatic heterocycles. The van der Waals surface area contributed by atoms with Gasteiger partial charge in [0.2, 0.25) is 0 Å². The fraction of sp³-hybridized carbons (Fsp3) is 0.194. The van der Waals surface area contributed by atoms with E-state index < -0.39 is 12.0 Å². The van der Waals surface area contributed by atoms with Crippen LogP contribution in [0.15, 0.2) is 86.2 Å². The number of allylic oxidation sites excluding steroid dienone is 1. The van der Waals surface area contributed by atoms with Crippen LogP contribution in [0.25, 0.3) is 6.08 Å². The lowest BCUT2D eigenvalue weighted by Gasteiger charge is -2.25. The minimum Gasteiger partial charge on any atom is -0.493 e. The number of methoxy groups -OCH3 is 1. The van der Waals surface area contributed by atoms with E-state index >= 15 is 0 Å². The first-order valence-corrected chi connectivity index (χ1v) is 15.3. The SMILES string of the molecule is CCOC(=O)C1=C(C)N=c2s/c(=C\c3cc(Br)c(OCc4ccccc4Cl)c(OC)c3)c(=O)n2[C@H]1c1ccccc1Cl. The van der Waals surface area contributed by atoms with Crippen molar-refractivity contribution in [1.82, 2.24) is 4.57 Å². The maximum atomic E-state index is 13.9. The molecule has 1 atom stereocenters. The molecule has 0 aliphatic carbocycles. The third kappa shape index (κ3) is 5.92. The number of carbonyl (C=O) groups is 1. The van der Waals surface area contributed by atoms with E-state index in [1.54, 1.807) is 57.4 Å². The molecule has 5 rings (SSSR count). The van der Waals surface area contributed by atoms with E-state index in [2.05, 4.69) is 20.9 Å². The van der Waals surface area contributed by atoms with Crippen LogP contribution < -0.4 is 24.4 Å². The average Bonchev–Trinajstić information content (AvgIpc) is 3.26. The number of carbonyl (C=O) groups excluding carboxylic acids is 1. The van der Waals surface area contributed by atoms with Gasteiger partial charge in [0.15, 0.2) is 16.3 Å². The van der Waals surface area contributed by atoms with Crippen LogP contribution in [0.5, 0.6) is 11.5 Å². The number of aromatic nitrogens is 1. The van der Waals surface area contributed by atoms with Crippen molar-refractivity contribution in [3.63, 3.8) is 0 Å². The molecular formula is C31H25BrCl2N2O5S. The fourth-order valence-electron chi connectivity index (χ4n) is 4.66. The number of rotatable bonds is 8. The molecule has 42 heavy (non-hydrogen) atoms. The lowest BCUT2D eigenvalue weighted by Crippen LogP contribution is -2.40. The minimum atomic E-state index is -0.794.